The zero-order valence-electron chi connectivity index (χ0n) is 5.79. The molecule has 0 unspecified atom stereocenters. The van der Waals surface area contributed by atoms with Crippen LogP contribution in [0, 0.1) is 0 Å². The van der Waals surface area contributed by atoms with Crippen molar-refractivity contribution in [1.82, 2.24) is 0 Å². The summed E-state index contributed by atoms with van der Waals surface area (Å²) in [5.74, 6) is 0. The van der Waals surface area contributed by atoms with Gasteiger partial charge in [-0.15, -0.1) is 0 Å². The van der Waals surface area contributed by atoms with E-state index in [0.717, 1.165) is 6.29 Å². The first-order valence-electron chi connectivity index (χ1n) is 2.84. The molecule has 0 atom stereocenters. The second-order valence-electron chi connectivity index (χ2n) is 1.92. The summed E-state index contributed by atoms with van der Waals surface area (Å²) in [4.78, 5) is 13.5. The van der Waals surface area contributed by atoms with Gasteiger partial charge in [0, 0.05) is 6.21 Å². The maximum atomic E-state index is 9.72. The van der Waals surface area contributed by atoms with E-state index in [2.05, 4.69) is 4.99 Å². The number of carbonyl (C=O) groups is 1. The quantitative estimate of drug-likeness (QED) is 0.412. The molecule has 0 heterocycles. The Hall–Kier alpha value is -0.920. The SMILES string of the molecule is CC(C)=C/C=N/CC=O. The molecule has 0 bridgehead atoms. The molecule has 2 nitrogen and oxygen atoms in total. The first-order chi connectivity index (χ1) is 4.27. The summed E-state index contributed by atoms with van der Waals surface area (Å²) in [6.07, 6.45) is 4.28. The first-order valence-corrected chi connectivity index (χ1v) is 2.84. The molecule has 0 rings (SSSR count). The van der Waals surface area contributed by atoms with Crippen molar-refractivity contribution in [2.45, 2.75) is 13.8 Å². The molecule has 0 aliphatic carbocycles. The molecule has 0 amide bonds. The maximum absolute atomic E-state index is 9.72. The predicted octanol–water partition coefficient (Wildman–Crippen LogP) is 1.22. The van der Waals surface area contributed by atoms with Crippen LogP contribution in [0.3, 0.4) is 0 Å². The largest absolute Gasteiger partial charge is 0.301 e. The van der Waals surface area contributed by atoms with Gasteiger partial charge in [-0.1, -0.05) is 5.57 Å². The van der Waals surface area contributed by atoms with Gasteiger partial charge in [0.1, 0.15) is 6.29 Å². The zero-order chi connectivity index (χ0) is 7.11. The van der Waals surface area contributed by atoms with Gasteiger partial charge in [0.2, 0.25) is 0 Å². The molecule has 0 aromatic carbocycles. The van der Waals surface area contributed by atoms with Crippen molar-refractivity contribution in [2.24, 2.45) is 4.99 Å². The molecule has 0 aliphatic rings. The summed E-state index contributed by atoms with van der Waals surface area (Å²) in [6.45, 7) is 4.23. The van der Waals surface area contributed by atoms with E-state index in [0.29, 0.717) is 0 Å². The van der Waals surface area contributed by atoms with Gasteiger partial charge in [0.15, 0.2) is 0 Å². The number of rotatable bonds is 3. The van der Waals surface area contributed by atoms with Crippen molar-refractivity contribution in [3.8, 4) is 0 Å². The highest BCUT2D eigenvalue weighted by atomic mass is 16.1. The lowest BCUT2D eigenvalue weighted by Crippen LogP contribution is -1.78. The van der Waals surface area contributed by atoms with Crippen LogP contribution in [0.15, 0.2) is 16.6 Å². The van der Waals surface area contributed by atoms with Gasteiger partial charge in [0.25, 0.3) is 0 Å². The molecule has 0 N–H and O–H groups in total. The third-order valence-electron chi connectivity index (χ3n) is 0.693. The fraction of sp³-hybridized carbons (Fsp3) is 0.429. The lowest BCUT2D eigenvalue weighted by atomic mass is 10.3. The van der Waals surface area contributed by atoms with Crippen LogP contribution in [0.25, 0.3) is 0 Å². The lowest BCUT2D eigenvalue weighted by molar-refractivity contribution is -0.106. The lowest BCUT2D eigenvalue weighted by Gasteiger charge is -1.80. The van der Waals surface area contributed by atoms with Crippen molar-refractivity contribution >= 4 is 12.5 Å². The van der Waals surface area contributed by atoms with Gasteiger partial charge >= 0.3 is 0 Å². The fourth-order valence-corrected chi connectivity index (χ4v) is 0.306. The van der Waals surface area contributed by atoms with Crippen molar-refractivity contribution in [3.63, 3.8) is 0 Å². The minimum Gasteiger partial charge on any atom is -0.301 e. The Bertz CT molecular complexity index is 132. The number of carbonyl (C=O) groups excluding carboxylic acids is 1. The molecule has 0 aromatic rings. The molecule has 9 heavy (non-hydrogen) atoms. The van der Waals surface area contributed by atoms with Crippen LogP contribution in [-0.2, 0) is 4.79 Å². The van der Waals surface area contributed by atoms with Gasteiger partial charge in [-0.3, -0.25) is 4.99 Å². The number of aldehydes is 1. The topological polar surface area (TPSA) is 29.4 Å². The van der Waals surface area contributed by atoms with Crippen LogP contribution in [0.5, 0.6) is 0 Å². The summed E-state index contributed by atoms with van der Waals surface area (Å²) in [6, 6.07) is 0. The number of nitrogens with zero attached hydrogens (tertiary/aromatic N) is 1. The van der Waals surface area contributed by atoms with Gasteiger partial charge < -0.3 is 4.79 Å². The summed E-state index contributed by atoms with van der Waals surface area (Å²) >= 11 is 0. The number of aliphatic imine (C=N–C) groups is 1. The van der Waals surface area contributed by atoms with Crippen LogP contribution >= 0.6 is 0 Å². The van der Waals surface area contributed by atoms with Gasteiger partial charge in [-0.25, -0.2) is 0 Å². The summed E-state index contributed by atoms with van der Waals surface area (Å²) in [5.41, 5.74) is 1.18. The molecule has 0 saturated carbocycles. The Morgan fingerprint density at radius 3 is 2.67 bits per heavy atom. The van der Waals surface area contributed by atoms with E-state index in [1.807, 2.05) is 19.9 Å². The Labute approximate surface area is 55.3 Å². The predicted molar refractivity (Wildman–Crippen MR) is 38.9 cm³/mol. The first kappa shape index (κ1) is 8.08. The standard InChI is InChI=1S/C7H11NO/c1-7(2)3-4-8-5-6-9/h3-4,6H,5H2,1-2H3/b8-4+. The highest BCUT2D eigenvalue weighted by molar-refractivity contribution is 5.73. The number of allylic oxidation sites excluding steroid dienone is 2. The second kappa shape index (κ2) is 5.22. The minimum atomic E-state index is 0.268. The molecule has 0 aliphatic heterocycles. The van der Waals surface area contributed by atoms with Crippen LogP contribution < -0.4 is 0 Å². The van der Waals surface area contributed by atoms with Gasteiger partial charge in [0.05, 0.1) is 6.54 Å². The van der Waals surface area contributed by atoms with Gasteiger partial charge in [-0.2, -0.15) is 0 Å². The van der Waals surface area contributed by atoms with E-state index >= 15 is 0 Å². The van der Waals surface area contributed by atoms with Crippen LogP contribution in [-0.4, -0.2) is 19.0 Å². The van der Waals surface area contributed by atoms with Crippen molar-refractivity contribution in [3.05, 3.63) is 11.6 Å². The molecule has 0 saturated heterocycles. The number of hydrogen-bond acceptors (Lipinski definition) is 2. The van der Waals surface area contributed by atoms with E-state index in [1.54, 1.807) is 6.21 Å². The van der Waals surface area contributed by atoms with Crippen molar-refractivity contribution < 1.29 is 4.79 Å². The Morgan fingerprint density at radius 2 is 2.22 bits per heavy atom. The normalized spacial score (nSPS) is 9.56. The monoisotopic (exact) mass is 125 g/mol. The van der Waals surface area contributed by atoms with E-state index in [1.165, 1.54) is 5.57 Å². The van der Waals surface area contributed by atoms with Gasteiger partial charge in [-0.05, 0) is 19.9 Å². The van der Waals surface area contributed by atoms with E-state index in [9.17, 15) is 4.79 Å². The fourth-order valence-electron chi connectivity index (χ4n) is 0.306. The summed E-state index contributed by atoms with van der Waals surface area (Å²) in [7, 11) is 0. The molecule has 0 fully saturated rings. The van der Waals surface area contributed by atoms with E-state index < -0.39 is 0 Å². The third-order valence-corrected chi connectivity index (χ3v) is 0.693. The van der Waals surface area contributed by atoms with Crippen LogP contribution in [0.4, 0.5) is 0 Å². The number of hydrogen-bond donors (Lipinski definition) is 0. The van der Waals surface area contributed by atoms with E-state index in [-0.39, 0.29) is 6.54 Å². The molecular formula is C7H11NO. The highest BCUT2D eigenvalue weighted by Crippen LogP contribution is 1.83. The smallest absolute Gasteiger partial charge is 0.141 e. The van der Waals surface area contributed by atoms with Crippen LogP contribution in [0.2, 0.25) is 0 Å². The molecule has 0 spiro atoms. The third kappa shape index (κ3) is 7.08. The van der Waals surface area contributed by atoms with Crippen molar-refractivity contribution in [2.75, 3.05) is 6.54 Å². The second-order valence-corrected chi connectivity index (χ2v) is 1.92. The Balaban J connectivity index is 3.47. The molecular weight excluding hydrogens is 114 g/mol. The van der Waals surface area contributed by atoms with E-state index in [4.69, 9.17) is 0 Å². The summed E-state index contributed by atoms with van der Waals surface area (Å²) in [5, 5.41) is 0. The molecule has 0 aromatic heterocycles. The Morgan fingerprint density at radius 1 is 1.56 bits per heavy atom. The average molecular weight is 125 g/mol. The average Bonchev–Trinajstić information content (AvgIpc) is 1.80. The Kier molecular flexibility index (Phi) is 4.69. The zero-order valence-corrected chi connectivity index (χ0v) is 5.79. The molecule has 50 valence electrons. The highest BCUT2D eigenvalue weighted by Gasteiger charge is 1.71. The van der Waals surface area contributed by atoms with Crippen LogP contribution in [0.1, 0.15) is 13.8 Å². The maximum Gasteiger partial charge on any atom is 0.141 e. The van der Waals surface area contributed by atoms with Crippen molar-refractivity contribution in [1.29, 1.82) is 0 Å². The molecule has 0 radical (unpaired) electrons. The summed E-state index contributed by atoms with van der Waals surface area (Å²) < 4.78 is 0. The minimum absolute atomic E-state index is 0.268. The molecule has 2 heteroatoms.